The average molecular weight is 299 g/mol. The number of piperidine rings is 1. The van der Waals surface area contributed by atoms with Gasteiger partial charge in [-0.3, -0.25) is 9.48 Å². The number of carbonyl (C=O) groups excluding carboxylic acids is 1. The number of amides is 1. The maximum absolute atomic E-state index is 11.1. The number of benzene rings is 1. The molecule has 0 aliphatic carbocycles. The first-order valence-corrected chi connectivity index (χ1v) is 7.63. The highest BCUT2D eigenvalue weighted by molar-refractivity contribution is 5.93. The van der Waals surface area contributed by atoms with Crippen molar-refractivity contribution in [1.82, 2.24) is 20.3 Å². The molecule has 6 heteroatoms. The highest BCUT2D eigenvalue weighted by Crippen LogP contribution is 2.20. The van der Waals surface area contributed by atoms with Crippen LogP contribution in [0.1, 0.15) is 23.7 Å². The van der Waals surface area contributed by atoms with E-state index in [1.807, 2.05) is 23.0 Å². The third-order valence-electron chi connectivity index (χ3n) is 4.11. The van der Waals surface area contributed by atoms with E-state index in [2.05, 4.69) is 22.6 Å². The summed E-state index contributed by atoms with van der Waals surface area (Å²) >= 11 is 0. The summed E-state index contributed by atoms with van der Waals surface area (Å²) in [4.78, 5) is 11.1. The van der Waals surface area contributed by atoms with Crippen LogP contribution in [0.3, 0.4) is 0 Å². The largest absolute Gasteiger partial charge is 0.366 e. The molecule has 6 nitrogen and oxygen atoms in total. The molecule has 1 aliphatic rings. The highest BCUT2D eigenvalue weighted by Gasteiger charge is 2.19. The smallest absolute Gasteiger partial charge is 0.248 e. The lowest BCUT2D eigenvalue weighted by Gasteiger charge is -2.27. The van der Waals surface area contributed by atoms with Crippen molar-refractivity contribution in [2.24, 2.45) is 17.6 Å². The van der Waals surface area contributed by atoms with Gasteiger partial charge in [-0.25, -0.2) is 0 Å². The molecule has 1 aromatic heterocycles. The van der Waals surface area contributed by atoms with Crippen LogP contribution in [-0.4, -0.2) is 34.0 Å². The summed E-state index contributed by atoms with van der Waals surface area (Å²) in [5.74, 6) is 0.882. The van der Waals surface area contributed by atoms with Gasteiger partial charge in [-0.1, -0.05) is 24.3 Å². The van der Waals surface area contributed by atoms with Crippen molar-refractivity contribution < 1.29 is 4.79 Å². The van der Waals surface area contributed by atoms with Gasteiger partial charge in [0, 0.05) is 17.7 Å². The standard InChI is InChI=1S/C16H21N5O/c1-11-6-12(8-18-7-11)9-21-10-15(19-20-21)13-2-4-14(5-3-13)16(17)22/h2-5,10-12,18H,6-9H2,1H3,(H2,17,22). The number of rotatable bonds is 4. The molecule has 1 saturated heterocycles. The highest BCUT2D eigenvalue weighted by atomic mass is 16.1. The Balaban J connectivity index is 1.69. The second-order valence-electron chi connectivity index (χ2n) is 6.13. The minimum atomic E-state index is -0.422. The molecule has 2 aromatic rings. The first-order chi connectivity index (χ1) is 10.6. The number of nitrogens with zero attached hydrogens (tertiary/aromatic N) is 3. The van der Waals surface area contributed by atoms with Gasteiger partial charge in [0.05, 0.1) is 6.20 Å². The van der Waals surface area contributed by atoms with Crippen LogP contribution < -0.4 is 11.1 Å². The van der Waals surface area contributed by atoms with Crippen LogP contribution in [0.5, 0.6) is 0 Å². The maximum Gasteiger partial charge on any atom is 0.248 e. The molecule has 3 rings (SSSR count). The van der Waals surface area contributed by atoms with Gasteiger partial charge in [0.25, 0.3) is 0 Å². The molecule has 0 bridgehead atoms. The van der Waals surface area contributed by atoms with Crippen molar-refractivity contribution in [3.63, 3.8) is 0 Å². The van der Waals surface area contributed by atoms with Crippen LogP contribution in [0, 0.1) is 11.8 Å². The van der Waals surface area contributed by atoms with Gasteiger partial charge in [-0.2, -0.15) is 0 Å². The van der Waals surface area contributed by atoms with Crippen LogP contribution in [-0.2, 0) is 6.54 Å². The molecule has 0 spiro atoms. The predicted molar refractivity (Wildman–Crippen MR) is 84.1 cm³/mol. The Hall–Kier alpha value is -2.21. The second kappa shape index (κ2) is 6.27. The maximum atomic E-state index is 11.1. The molecule has 0 radical (unpaired) electrons. The molecule has 22 heavy (non-hydrogen) atoms. The number of aromatic nitrogens is 3. The second-order valence-corrected chi connectivity index (χ2v) is 6.13. The first kappa shape index (κ1) is 14.7. The van der Waals surface area contributed by atoms with Gasteiger partial charge in [0.15, 0.2) is 0 Å². The molecule has 0 saturated carbocycles. The van der Waals surface area contributed by atoms with Crippen LogP contribution in [0.2, 0.25) is 0 Å². The number of carbonyl (C=O) groups is 1. The molecule has 2 heterocycles. The van der Waals surface area contributed by atoms with E-state index in [1.165, 1.54) is 6.42 Å². The molecule has 1 fully saturated rings. The van der Waals surface area contributed by atoms with Gasteiger partial charge in [0.1, 0.15) is 5.69 Å². The molecule has 2 unspecified atom stereocenters. The number of nitrogens with one attached hydrogen (secondary N) is 1. The fourth-order valence-electron chi connectivity index (χ4n) is 3.00. The Morgan fingerprint density at radius 1 is 1.36 bits per heavy atom. The van der Waals surface area contributed by atoms with Crippen molar-refractivity contribution >= 4 is 5.91 Å². The van der Waals surface area contributed by atoms with Crippen LogP contribution in [0.25, 0.3) is 11.3 Å². The van der Waals surface area contributed by atoms with Crippen LogP contribution in [0.4, 0.5) is 0 Å². The van der Waals surface area contributed by atoms with Crippen LogP contribution >= 0.6 is 0 Å². The molecular formula is C16H21N5O. The normalized spacial score (nSPS) is 21.7. The zero-order valence-electron chi connectivity index (χ0n) is 12.7. The summed E-state index contributed by atoms with van der Waals surface area (Å²) in [6.07, 6.45) is 3.17. The van der Waals surface area contributed by atoms with E-state index >= 15 is 0 Å². The minimum Gasteiger partial charge on any atom is -0.366 e. The Morgan fingerprint density at radius 2 is 2.14 bits per heavy atom. The van der Waals surface area contributed by atoms with Crippen molar-refractivity contribution in [2.75, 3.05) is 13.1 Å². The summed E-state index contributed by atoms with van der Waals surface area (Å²) in [6.45, 7) is 5.29. The molecule has 1 aromatic carbocycles. The fraction of sp³-hybridized carbons (Fsp3) is 0.438. The molecule has 116 valence electrons. The van der Waals surface area contributed by atoms with E-state index in [-0.39, 0.29) is 0 Å². The summed E-state index contributed by atoms with van der Waals surface area (Å²) in [6, 6.07) is 7.12. The van der Waals surface area contributed by atoms with Gasteiger partial charge in [-0.15, -0.1) is 5.10 Å². The molecule has 3 N–H and O–H groups in total. The van der Waals surface area contributed by atoms with E-state index < -0.39 is 5.91 Å². The lowest BCUT2D eigenvalue weighted by atomic mass is 9.92. The van der Waals surface area contributed by atoms with E-state index in [4.69, 9.17) is 5.73 Å². The Labute approximate surface area is 129 Å². The van der Waals surface area contributed by atoms with E-state index in [9.17, 15) is 4.79 Å². The number of hydrogen-bond acceptors (Lipinski definition) is 4. The quantitative estimate of drug-likeness (QED) is 0.890. The fourth-order valence-corrected chi connectivity index (χ4v) is 3.00. The zero-order chi connectivity index (χ0) is 15.5. The third kappa shape index (κ3) is 3.33. The summed E-state index contributed by atoms with van der Waals surface area (Å²) in [7, 11) is 0. The predicted octanol–water partition coefficient (Wildman–Crippen LogP) is 1.29. The Kier molecular flexibility index (Phi) is 4.20. The van der Waals surface area contributed by atoms with Gasteiger partial charge in [-0.05, 0) is 43.5 Å². The van der Waals surface area contributed by atoms with Crippen molar-refractivity contribution in [3.05, 3.63) is 36.0 Å². The summed E-state index contributed by atoms with van der Waals surface area (Å²) < 4.78 is 1.90. The van der Waals surface area contributed by atoms with Crippen molar-refractivity contribution in [3.8, 4) is 11.3 Å². The molecular weight excluding hydrogens is 278 g/mol. The summed E-state index contributed by atoms with van der Waals surface area (Å²) in [5.41, 5.74) is 7.49. The third-order valence-corrected chi connectivity index (χ3v) is 4.11. The van der Waals surface area contributed by atoms with Gasteiger partial charge >= 0.3 is 0 Å². The van der Waals surface area contributed by atoms with Gasteiger partial charge < -0.3 is 11.1 Å². The number of primary amides is 1. The Morgan fingerprint density at radius 3 is 2.82 bits per heavy atom. The average Bonchev–Trinajstić information content (AvgIpc) is 2.96. The van der Waals surface area contributed by atoms with Crippen molar-refractivity contribution in [2.45, 2.75) is 19.9 Å². The number of hydrogen-bond donors (Lipinski definition) is 2. The lowest BCUT2D eigenvalue weighted by Crippen LogP contribution is -2.37. The Bertz CT molecular complexity index is 649. The topological polar surface area (TPSA) is 85.8 Å². The zero-order valence-corrected chi connectivity index (χ0v) is 12.7. The van der Waals surface area contributed by atoms with E-state index in [0.29, 0.717) is 17.4 Å². The van der Waals surface area contributed by atoms with Crippen molar-refractivity contribution in [1.29, 1.82) is 0 Å². The first-order valence-electron chi connectivity index (χ1n) is 7.63. The van der Waals surface area contributed by atoms with E-state index in [0.717, 1.165) is 30.9 Å². The number of nitrogens with two attached hydrogens (primary N) is 1. The lowest BCUT2D eigenvalue weighted by molar-refractivity contribution is 0.100. The SMILES string of the molecule is CC1CNCC(Cn2cc(-c3ccc(C(N)=O)cc3)nn2)C1. The molecule has 1 amide bonds. The molecule has 1 aliphatic heterocycles. The molecule has 2 atom stereocenters. The monoisotopic (exact) mass is 299 g/mol. The van der Waals surface area contributed by atoms with E-state index in [1.54, 1.807) is 12.1 Å². The minimum absolute atomic E-state index is 0.422. The van der Waals surface area contributed by atoms with Crippen LogP contribution in [0.15, 0.2) is 30.5 Å². The van der Waals surface area contributed by atoms with Gasteiger partial charge in [0.2, 0.25) is 5.91 Å². The summed E-state index contributed by atoms with van der Waals surface area (Å²) in [5, 5.41) is 11.9.